The summed E-state index contributed by atoms with van der Waals surface area (Å²) < 4.78 is 6.30. The van der Waals surface area contributed by atoms with Crippen LogP contribution in [0, 0.1) is 11.3 Å². The normalized spacial score (nSPS) is 14.9. The Hall–Kier alpha value is -2.14. The highest BCUT2D eigenvalue weighted by atomic mass is 79.9. The van der Waals surface area contributed by atoms with E-state index in [9.17, 15) is 10.1 Å². The van der Waals surface area contributed by atoms with Crippen LogP contribution in [-0.4, -0.2) is 32.2 Å². The molecule has 2 aromatic rings. The molecule has 1 aliphatic heterocycles. The number of carbonyl (C=O) groups is 1. The van der Waals surface area contributed by atoms with Gasteiger partial charge in [0.1, 0.15) is 11.6 Å². The first-order valence-corrected chi connectivity index (χ1v) is 9.38. The molecule has 1 aliphatic rings. The van der Waals surface area contributed by atoms with E-state index in [4.69, 9.17) is 4.74 Å². The van der Waals surface area contributed by atoms with Gasteiger partial charge in [-0.2, -0.15) is 5.26 Å². The van der Waals surface area contributed by atoms with E-state index in [1.54, 1.807) is 6.08 Å². The molecule has 0 radical (unpaired) electrons. The highest BCUT2D eigenvalue weighted by molar-refractivity contribution is 9.11. The summed E-state index contributed by atoms with van der Waals surface area (Å²) in [5, 5.41) is 12.0. The van der Waals surface area contributed by atoms with Crippen molar-refractivity contribution in [3.63, 3.8) is 0 Å². The lowest BCUT2D eigenvalue weighted by Gasteiger charge is -2.28. The van der Waals surface area contributed by atoms with Gasteiger partial charge in [0.15, 0.2) is 0 Å². The summed E-state index contributed by atoms with van der Waals surface area (Å²) in [5.74, 6) is -0.411. The minimum Gasteiger partial charge on any atom is -0.378 e. The SMILES string of the molecule is N#CC(=Cc1ccc(Br)s1)C(=O)Nc1ccc(N2CCOCC2)cc1. The number of anilines is 2. The molecular weight excluding hydrogens is 402 g/mol. The Morgan fingerprint density at radius 1 is 1.24 bits per heavy atom. The smallest absolute Gasteiger partial charge is 0.266 e. The average molecular weight is 418 g/mol. The summed E-state index contributed by atoms with van der Waals surface area (Å²) in [6.07, 6.45) is 1.59. The third kappa shape index (κ3) is 4.69. The molecule has 3 rings (SSSR count). The maximum Gasteiger partial charge on any atom is 0.266 e. The van der Waals surface area contributed by atoms with Crippen molar-refractivity contribution in [2.75, 3.05) is 36.5 Å². The number of thiophene rings is 1. The number of benzene rings is 1. The van der Waals surface area contributed by atoms with Gasteiger partial charge in [-0.25, -0.2) is 0 Å². The highest BCUT2D eigenvalue weighted by Crippen LogP contribution is 2.24. The minimum absolute atomic E-state index is 0.0756. The number of hydrogen-bond acceptors (Lipinski definition) is 5. The monoisotopic (exact) mass is 417 g/mol. The Morgan fingerprint density at radius 2 is 1.96 bits per heavy atom. The second kappa shape index (κ2) is 8.30. The molecule has 2 heterocycles. The maximum absolute atomic E-state index is 12.3. The van der Waals surface area contributed by atoms with Gasteiger partial charge >= 0.3 is 0 Å². The van der Waals surface area contributed by atoms with Gasteiger partial charge in [0.25, 0.3) is 5.91 Å². The van der Waals surface area contributed by atoms with Crippen molar-refractivity contribution < 1.29 is 9.53 Å². The van der Waals surface area contributed by atoms with Crippen LogP contribution in [0.2, 0.25) is 0 Å². The zero-order chi connectivity index (χ0) is 17.6. The third-order valence-electron chi connectivity index (χ3n) is 3.75. The predicted molar refractivity (Wildman–Crippen MR) is 104 cm³/mol. The highest BCUT2D eigenvalue weighted by Gasteiger charge is 2.13. The lowest BCUT2D eigenvalue weighted by molar-refractivity contribution is -0.112. The molecule has 0 aliphatic carbocycles. The summed E-state index contributed by atoms with van der Waals surface area (Å²) in [6.45, 7) is 3.19. The van der Waals surface area contributed by atoms with Crippen LogP contribution in [-0.2, 0) is 9.53 Å². The molecule has 0 saturated carbocycles. The summed E-state index contributed by atoms with van der Waals surface area (Å²) in [5.41, 5.74) is 1.84. The van der Waals surface area contributed by atoms with Crippen molar-refractivity contribution in [1.29, 1.82) is 5.26 Å². The van der Waals surface area contributed by atoms with Gasteiger partial charge in [-0.3, -0.25) is 4.79 Å². The van der Waals surface area contributed by atoms with Gasteiger partial charge in [-0.1, -0.05) is 0 Å². The van der Waals surface area contributed by atoms with Gasteiger partial charge in [-0.15, -0.1) is 11.3 Å². The van der Waals surface area contributed by atoms with Crippen LogP contribution in [0.4, 0.5) is 11.4 Å². The molecule has 0 spiro atoms. The number of halogens is 1. The van der Waals surface area contributed by atoms with E-state index in [0.717, 1.165) is 40.7 Å². The second-order valence-electron chi connectivity index (χ2n) is 5.41. The number of rotatable bonds is 4. The first-order valence-electron chi connectivity index (χ1n) is 7.77. The molecule has 0 unspecified atom stereocenters. The quantitative estimate of drug-likeness (QED) is 0.605. The molecule has 25 heavy (non-hydrogen) atoms. The van der Waals surface area contributed by atoms with Crippen molar-refractivity contribution in [2.24, 2.45) is 0 Å². The van der Waals surface area contributed by atoms with Gasteiger partial charge < -0.3 is 15.0 Å². The summed E-state index contributed by atoms with van der Waals surface area (Å²) in [4.78, 5) is 15.4. The van der Waals surface area contributed by atoms with Crippen molar-refractivity contribution in [2.45, 2.75) is 0 Å². The molecule has 1 fully saturated rings. The minimum atomic E-state index is -0.411. The van der Waals surface area contributed by atoms with Crippen LogP contribution in [0.3, 0.4) is 0 Å². The number of morpholine rings is 1. The Morgan fingerprint density at radius 3 is 2.56 bits per heavy atom. The number of carbonyl (C=O) groups excluding carboxylic acids is 1. The van der Waals surface area contributed by atoms with Crippen LogP contribution in [0.5, 0.6) is 0 Å². The van der Waals surface area contributed by atoms with E-state index in [1.165, 1.54) is 11.3 Å². The molecular formula is C18H16BrN3O2S. The molecule has 1 saturated heterocycles. The zero-order valence-corrected chi connectivity index (χ0v) is 15.8. The summed E-state index contributed by atoms with van der Waals surface area (Å²) in [7, 11) is 0. The predicted octanol–water partition coefficient (Wildman–Crippen LogP) is 3.89. The van der Waals surface area contributed by atoms with Crippen LogP contribution in [0.25, 0.3) is 6.08 Å². The largest absolute Gasteiger partial charge is 0.378 e. The van der Waals surface area contributed by atoms with E-state index < -0.39 is 5.91 Å². The van der Waals surface area contributed by atoms with Crippen LogP contribution in [0.15, 0.2) is 45.8 Å². The van der Waals surface area contributed by atoms with Crippen molar-refractivity contribution in [1.82, 2.24) is 0 Å². The summed E-state index contributed by atoms with van der Waals surface area (Å²) in [6, 6.07) is 13.3. The Kier molecular flexibility index (Phi) is 5.87. The fourth-order valence-corrected chi connectivity index (χ4v) is 3.84. The fraction of sp³-hybridized carbons (Fsp3) is 0.222. The van der Waals surface area contributed by atoms with E-state index in [0.29, 0.717) is 5.69 Å². The van der Waals surface area contributed by atoms with Crippen molar-refractivity contribution in [3.05, 3.63) is 50.6 Å². The Labute approximate surface area is 158 Å². The van der Waals surface area contributed by atoms with Crippen LogP contribution < -0.4 is 10.2 Å². The first-order chi connectivity index (χ1) is 12.2. The number of amides is 1. The second-order valence-corrected chi connectivity index (χ2v) is 7.91. The molecule has 128 valence electrons. The van der Waals surface area contributed by atoms with Crippen molar-refractivity contribution in [3.8, 4) is 6.07 Å². The molecule has 5 nitrogen and oxygen atoms in total. The lowest BCUT2D eigenvalue weighted by Crippen LogP contribution is -2.36. The Bertz CT molecular complexity index is 818. The number of nitrogens with zero attached hydrogens (tertiary/aromatic N) is 2. The number of nitriles is 1. The van der Waals surface area contributed by atoms with Gasteiger partial charge in [0.05, 0.1) is 17.0 Å². The molecule has 1 N–H and O–H groups in total. The van der Waals surface area contributed by atoms with Gasteiger partial charge in [0.2, 0.25) is 0 Å². The number of ether oxygens (including phenoxy) is 1. The number of hydrogen-bond donors (Lipinski definition) is 1. The Balaban J connectivity index is 1.67. The van der Waals surface area contributed by atoms with Crippen molar-refractivity contribution >= 4 is 50.6 Å². The maximum atomic E-state index is 12.3. The first kappa shape index (κ1) is 17.7. The number of nitrogens with one attached hydrogen (secondary N) is 1. The molecule has 1 aromatic heterocycles. The van der Waals surface area contributed by atoms with Crippen LogP contribution >= 0.6 is 27.3 Å². The van der Waals surface area contributed by atoms with E-state index in [1.807, 2.05) is 42.5 Å². The van der Waals surface area contributed by atoms with Crippen LogP contribution in [0.1, 0.15) is 4.88 Å². The average Bonchev–Trinajstić information content (AvgIpc) is 3.06. The molecule has 1 aromatic carbocycles. The lowest BCUT2D eigenvalue weighted by atomic mass is 10.2. The summed E-state index contributed by atoms with van der Waals surface area (Å²) >= 11 is 4.83. The molecule has 1 amide bonds. The molecule has 7 heteroatoms. The van der Waals surface area contributed by atoms with E-state index in [-0.39, 0.29) is 5.57 Å². The third-order valence-corrected chi connectivity index (χ3v) is 5.32. The van der Waals surface area contributed by atoms with E-state index in [2.05, 4.69) is 26.1 Å². The van der Waals surface area contributed by atoms with E-state index >= 15 is 0 Å². The zero-order valence-electron chi connectivity index (χ0n) is 13.4. The topological polar surface area (TPSA) is 65.4 Å². The molecule has 0 atom stereocenters. The van der Waals surface area contributed by atoms with Gasteiger partial charge in [-0.05, 0) is 58.4 Å². The van der Waals surface area contributed by atoms with Gasteiger partial charge in [0, 0.05) is 29.3 Å². The fourth-order valence-electron chi connectivity index (χ4n) is 2.47. The standard InChI is InChI=1S/C18H16BrN3O2S/c19-17-6-5-16(25-17)11-13(12-20)18(23)21-14-1-3-15(4-2-14)22-7-9-24-10-8-22/h1-6,11H,7-10H2,(H,21,23). The molecule has 0 bridgehead atoms.